The lowest BCUT2D eigenvalue weighted by molar-refractivity contribution is -0.144. The van der Waals surface area contributed by atoms with E-state index in [2.05, 4.69) is 30.7 Å². The van der Waals surface area contributed by atoms with Gasteiger partial charge in [-0.05, 0) is 36.6 Å². The molecule has 2 heterocycles. The van der Waals surface area contributed by atoms with E-state index >= 15 is 0 Å². The minimum absolute atomic E-state index is 0.0225. The van der Waals surface area contributed by atoms with Crippen molar-refractivity contribution in [1.29, 1.82) is 0 Å². The van der Waals surface area contributed by atoms with Crippen molar-refractivity contribution in [2.75, 3.05) is 0 Å². The molecular formula is C25H21F4N7O2. The third-order valence-corrected chi connectivity index (χ3v) is 5.58. The molecular weight excluding hydrogens is 506 g/mol. The van der Waals surface area contributed by atoms with Gasteiger partial charge in [0.25, 0.3) is 11.8 Å². The fourth-order valence-corrected chi connectivity index (χ4v) is 3.49. The van der Waals surface area contributed by atoms with E-state index in [9.17, 15) is 27.2 Å². The van der Waals surface area contributed by atoms with E-state index in [1.165, 1.54) is 24.3 Å². The van der Waals surface area contributed by atoms with Crippen LogP contribution in [0.3, 0.4) is 0 Å². The van der Waals surface area contributed by atoms with Gasteiger partial charge in [0, 0.05) is 18.2 Å². The largest absolute Gasteiger partial charge is 0.451 e. The van der Waals surface area contributed by atoms with Crippen LogP contribution in [-0.2, 0) is 12.7 Å². The summed E-state index contributed by atoms with van der Waals surface area (Å²) in [6.07, 6.45) is -3.54. The number of carbonyl (C=O) groups is 2. The molecule has 0 aliphatic rings. The van der Waals surface area contributed by atoms with E-state index in [0.29, 0.717) is 22.3 Å². The minimum atomic E-state index is -4.63. The lowest BCUT2D eigenvalue weighted by atomic mass is 10.1. The number of aromatic amines is 1. The van der Waals surface area contributed by atoms with Crippen molar-refractivity contribution >= 4 is 11.8 Å². The van der Waals surface area contributed by atoms with Gasteiger partial charge in [-0.3, -0.25) is 14.7 Å². The Morgan fingerprint density at radius 2 is 1.68 bits per heavy atom. The number of hydrogen-bond acceptors (Lipinski definition) is 6. The summed E-state index contributed by atoms with van der Waals surface area (Å²) in [5.74, 6) is -2.74. The highest BCUT2D eigenvalue weighted by Gasteiger charge is 2.35. The summed E-state index contributed by atoms with van der Waals surface area (Å²) in [6, 6.07) is 11.6. The Bertz CT molecular complexity index is 1470. The van der Waals surface area contributed by atoms with Gasteiger partial charge >= 0.3 is 6.18 Å². The van der Waals surface area contributed by atoms with E-state index < -0.39 is 29.9 Å². The molecule has 1 atom stereocenters. The average Bonchev–Trinajstić information content (AvgIpc) is 3.40. The van der Waals surface area contributed by atoms with Crippen molar-refractivity contribution < 1.29 is 27.2 Å². The van der Waals surface area contributed by atoms with Crippen molar-refractivity contribution in [3.63, 3.8) is 0 Å². The standard InChI is InChI=1S/C25H21F4N7O2/c1-13-9-15(3-8-18(13)26)11-30-22(37)19-10-20(32-12-31-19)23(38)33-14(2)16-4-6-17(7-5-16)21-34-24(36-35-21)25(27,28)29/h3-10,12,14H,11H2,1-2H3,(H,30,37)(H,33,38)(H,34,35,36)/t14-/m0/s1. The molecule has 2 aromatic heterocycles. The zero-order valence-corrected chi connectivity index (χ0v) is 20.1. The van der Waals surface area contributed by atoms with Gasteiger partial charge in [-0.1, -0.05) is 36.4 Å². The van der Waals surface area contributed by atoms with Crippen LogP contribution in [0.25, 0.3) is 11.4 Å². The van der Waals surface area contributed by atoms with Gasteiger partial charge in [-0.2, -0.15) is 18.3 Å². The number of rotatable bonds is 7. The molecule has 0 saturated heterocycles. The Hall–Kier alpha value is -4.68. The van der Waals surface area contributed by atoms with E-state index in [4.69, 9.17) is 0 Å². The zero-order chi connectivity index (χ0) is 27.4. The number of aromatic nitrogens is 5. The molecule has 4 aromatic rings. The summed E-state index contributed by atoms with van der Waals surface area (Å²) >= 11 is 0. The highest BCUT2D eigenvalue weighted by Crippen LogP contribution is 2.28. The molecule has 0 aliphatic heterocycles. The molecule has 196 valence electrons. The number of carbonyl (C=O) groups excluding carboxylic acids is 2. The Morgan fingerprint density at radius 1 is 1.00 bits per heavy atom. The molecule has 13 heteroatoms. The number of aryl methyl sites for hydroxylation is 1. The monoisotopic (exact) mass is 527 g/mol. The molecule has 0 radical (unpaired) electrons. The molecule has 4 rings (SSSR count). The highest BCUT2D eigenvalue weighted by molar-refractivity contribution is 5.97. The second-order valence-corrected chi connectivity index (χ2v) is 8.38. The predicted octanol–water partition coefficient (Wildman–Crippen LogP) is 4.15. The number of nitrogens with one attached hydrogen (secondary N) is 3. The third-order valence-electron chi connectivity index (χ3n) is 5.58. The number of nitrogens with zero attached hydrogens (tertiary/aromatic N) is 4. The summed E-state index contributed by atoms with van der Waals surface area (Å²) in [5, 5.41) is 10.9. The molecule has 9 nitrogen and oxygen atoms in total. The van der Waals surface area contributed by atoms with Crippen LogP contribution in [0.1, 0.15) is 56.5 Å². The zero-order valence-electron chi connectivity index (χ0n) is 20.1. The van der Waals surface area contributed by atoms with Crippen molar-refractivity contribution in [2.24, 2.45) is 0 Å². The van der Waals surface area contributed by atoms with E-state index in [1.54, 1.807) is 38.1 Å². The van der Waals surface area contributed by atoms with E-state index in [1.807, 2.05) is 5.10 Å². The van der Waals surface area contributed by atoms with Crippen LogP contribution in [0, 0.1) is 12.7 Å². The summed E-state index contributed by atoms with van der Waals surface area (Å²) in [4.78, 5) is 36.5. The summed E-state index contributed by atoms with van der Waals surface area (Å²) in [6.45, 7) is 3.47. The van der Waals surface area contributed by atoms with Crippen LogP contribution in [0.4, 0.5) is 17.6 Å². The molecule has 0 saturated carbocycles. The van der Waals surface area contributed by atoms with Crippen molar-refractivity contribution in [2.45, 2.75) is 32.6 Å². The molecule has 0 bridgehead atoms. The fourth-order valence-electron chi connectivity index (χ4n) is 3.49. The van der Waals surface area contributed by atoms with E-state index in [0.717, 1.165) is 6.33 Å². The van der Waals surface area contributed by atoms with Crippen LogP contribution in [0.15, 0.2) is 54.9 Å². The maximum Gasteiger partial charge on any atom is 0.451 e. The Balaban J connectivity index is 1.37. The second kappa shape index (κ2) is 10.7. The van der Waals surface area contributed by atoms with Crippen LogP contribution in [0.2, 0.25) is 0 Å². The summed E-state index contributed by atoms with van der Waals surface area (Å²) in [5.41, 5.74) is 2.12. The predicted molar refractivity (Wildman–Crippen MR) is 127 cm³/mol. The van der Waals surface area contributed by atoms with Crippen LogP contribution >= 0.6 is 0 Å². The molecule has 2 aromatic carbocycles. The number of hydrogen-bond donors (Lipinski definition) is 3. The Kier molecular flexibility index (Phi) is 7.46. The lowest BCUT2D eigenvalue weighted by Crippen LogP contribution is -2.29. The number of alkyl halides is 3. The van der Waals surface area contributed by atoms with Gasteiger partial charge in [0.05, 0.1) is 6.04 Å². The SMILES string of the molecule is Cc1cc(CNC(=O)c2cc(C(=O)N[C@@H](C)c3ccc(-c4n[nH]c(C(F)(F)F)n4)cc3)ncn2)ccc1F. The highest BCUT2D eigenvalue weighted by atomic mass is 19.4. The first-order valence-corrected chi connectivity index (χ1v) is 11.3. The van der Waals surface area contributed by atoms with Crippen molar-refractivity contribution in [3.8, 4) is 11.4 Å². The average molecular weight is 527 g/mol. The normalized spacial score (nSPS) is 12.2. The number of benzene rings is 2. The molecule has 0 aliphatic carbocycles. The van der Waals surface area contributed by atoms with Gasteiger partial charge < -0.3 is 10.6 Å². The third kappa shape index (κ3) is 6.17. The molecule has 0 unspecified atom stereocenters. The second-order valence-electron chi connectivity index (χ2n) is 8.38. The number of H-pyrrole nitrogens is 1. The lowest BCUT2D eigenvalue weighted by Gasteiger charge is -2.14. The first kappa shape index (κ1) is 26.4. The molecule has 3 N–H and O–H groups in total. The quantitative estimate of drug-likeness (QED) is 0.310. The Labute approximate surface area is 213 Å². The van der Waals surface area contributed by atoms with Crippen molar-refractivity contribution in [3.05, 3.63) is 94.6 Å². The van der Waals surface area contributed by atoms with Gasteiger partial charge in [0.15, 0.2) is 5.82 Å². The molecule has 2 amide bonds. The van der Waals surface area contributed by atoms with Crippen LogP contribution in [-0.4, -0.2) is 37.0 Å². The number of amides is 2. The molecule has 0 spiro atoms. The van der Waals surface area contributed by atoms with Gasteiger partial charge in [-0.25, -0.2) is 19.3 Å². The van der Waals surface area contributed by atoms with Gasteiger partial charge in [0.1, 0.15) is 23.5 Å². The topological polar surface area (TPSA) is 126 Å². The van der Waals surface area contributed by atoms with Crippen molar-refractivity contribution in [1.82, 2.24) is 35.8 Å². The smallest absolute Gasteiger partial charge is 0.347 e. The number of halogens is 4. The minimum Gasteiger partial charge on any atom is -0.347 e. The summed E-state index contributed by atoms with van der Waals surface area (Å²) in [7, 11) is 0. The fraction of sp³-hybridized carbons (Fsp3) is 0.200. The van der Waals surface area contributed by atoms with Gasteiger partial charge in [-0.15, -0.1) is 0 Å². The molecule has 0 fully saturated rings. The summed E-state index contributed by atoms with van der Waals surface area (Å²) < 4.78 is 51.6. The Morgan fingerprint density at radius 3 is 2.32 bits per heavy atom. The maximum absolute atomic E-state index is 13.4. The first-order valence-electron chi connectivity index (χ1n) is 11.3. The van der Waals surface area contributed by atoms with Crippen LogP contribution in [0.5, 0.6) is 0 Å². The van der Waals surface area contributed by atoms with Crippen LogP contribution < -0.4 is 10.6 Å². The maximum atomic E-state index is 13.4. The first-order chi connectivity index (χ1) is 18.0. The van der Waals surface area contributed by atoms with E-state index in [-0.39, 0.29) is 29.6 Å². The van der Waals surface area contributed by atoms with Gasteiger partial charge in [0.2, 0.25) is 5.82 Å². The molecule has 38 heavy (non-hydrogen) atoms.